The van der Waals surface area contributed by atoms with E-state index in [1.807, 2.05) is 0 Å². The summed E-state index contributed by atoms with van der Waals surface area (Å²) >= 11 is 2.37. The van der Waals surface area contributed by atoms with Crippen LogP contribution < -0.4 is 0 Å². The van der Waals surface area contributed by atoms with Crippen LogP contribution in [0.3, 0.4) is 0 Å². The van der Waals surface area contributed by atoms with Crippen molar-refractivity contribution in [1.82, 2.24) is 0 Å². The molecule has 0 aliphatic rings. The van der Waals surface area contributed by atoms with E-state index in [4.69, 9.17) is 0 Å². The van der Waals surface area contributed by atoms with Crippen molar-refractivity contribution in [3.8, 4) is 0 Å². The van der Waals surface area contributed by atoms with Crippen LogP contribution in [0.5, 0.6) is 0 Å². The monoisotopic (exact) mass is 206 g/mol. The molecule has 0 N–H and O–H groups in total. The van der Waals surface area contributed by atoms with Gasteiger partial charge in [-0.05, 0) is 0 Å². The molecule has 0 aliphatic heterocycles. The highest BCUT2D eigenvalue weighted by molar-refractivity contribution is 9.11. The van der Waals surface area contributed by atoms with Gasteiger partial charge in [-0.15, -0.1) is 0 Å². The summed E-state index contributed by atoms with van der Waals surface area (Å²) in [5.41, 5.74) is 0. The van der Waals surface area contributed by atoms with E-state index in [9.17, 15) is 17.6 Å². The maximum atomic E-state index is 11.7. The van der Waals surface area contributed by atoms with E-state index in [1.54, 1.807) is 0 Å². The molecule has 0 saturated carbocycles. The van der Waals surface area contributed by atoms with Crippen molar-refractivity contribution in [1.29, 1.82) is 0 Å². The summed E-state index contributed by atoms with van der Waals surface area (Å²) in [5.74, 6) is -1.50. The van der Waals surface area contributed by atoms with Crippen molar-refractivity contribution < 1.29 is 17.6 Å². The lowest BCUT2D eigenvalue weighted by atomic mass is 10.4. The second kappa shape index (κ2) is 3.87. The smallest absolute Gasteiger partial charge is 0.233 e. The van der Waals surface area contributed by atoms with Gasteiger partial charge in [0.2, 0.25) is 6.17 Å². The molecule has 0 amide bonds. The fourth-order valence-corrected chi connectivity index (χ4v) is 0.433. The Hall–Kier alpha value is -0.0600. The Morgan fingerprint density at radius 2 is 1.78 bits per heavy atom. The van der Waals surface area contributed by atoms with E-state index < -0.39 is 18.4 Å². The number of alkyl halides is 3. The predicted molar refractivity (Wildman–Crippen MR) is 29.0 cm³/mol. The van der Waals surface area contributed by atoms with Crippen molar-refractivity contribution >= 4 is 15.9 Å². The molecular formula is C4H3BrF4. The lowest BCUT2D eigenvalue weighted by Crippen LogP contribution is -2.11. The molecule has 0 spiro atoms. The second-order valence-electron chi connectivity index (χ2n) is 1.23. The molecular weight excluding hydrogens is 204 g/mol. The van der Waals surface area contributed by atoms with Crippen LogP contribution in [0.4, 0.5) is 17.6 Å². The standard InChI is InChI=1S/C4H3BrF4/c5-1-2(6)3(7)4(8)9/h1,3-4H. The normalized spacial score (nSPS) is 16.4. The summed E-state index contributed by atoms with van der Waals surface area (Å²) in [5, 5.41) is 0. The number of rotatable bonds is 2. The van der Waals surface area contributed by atoms with Gasteiger partial charge in [0.15, 0.2) is 0 Å². The van der Waals surface area contributed by atoms with Gasteiger partial charge in [-0.3, -0.25) is 0 Å². The van der Waals surface area contributed by atoms with Gasteiger partial charge in [-0.25, -0.2) is 17.6 Å². The Bertz CT molecular complexity index is 111. The molecule has 1 unspecified atom stereocenters. The fourth-order valence-electron chi connectivity index (χ4n) is 0.181. The average molecular weight is 207 g/mol. The minimum atomic E-state index is -3.29. The van der Waals surface area contributed by atoms with Crippen molar-refractivity contribution in [2.45, 2.75) is 12.6 Å². The summed E-state index contributed by atoms with van der Waals surface area (Å²) in [7, 11) is 0. The molecule has 0 rings (SSSR count). The zero-order chi connectivity index (χ0) is 7.44. The van der Waals surface area contributed by atoms with E-state index in [0.29, 0.717) is 4.99 Å². The minimum Gasteiger partial charge on any atom is -0.233 e. The highest BCUT2D eigenvalue weighted by Gasteiger charge is 2.23. The first-order valence-corrected chi connectivity index (χ1v) is 2.89. The molecule has 0 bridgehead atoms. The molecule has 0 radical (unpaired) electrons. The van der Waals surface area contributed by atoms with Gasteiger partial charge in [0.05, 0.1) is 0 Å². The second-order valence-corrected chi connectivity index (χ2v) is 1.69. The summed E-state index contributed by atoms with van der Waals surface area (Å²) in [6.45, 7) is 0. The van der Waals surface area contributed by atoms with Crippen LogP contribution in [0.1, 0.15) is 0 Å². The average Bonchev–Trinajstić information content (AvgIpc) is 1.84. The highest BCUT2D eigenvalue weighted by Crippen LogP contribution is 2.17. The number of hydrogen-bond acceptors (Lipinski definition) is 0. The molecule has 0 nitrogen and oxygen atoms in total. The van der Waals surface area contributed by atoms with Crippen LogP contribution in [0.2, 0.25) is 0 Å². The number of hydrogen-bond donors (Lipinski definition) is 0. The van der Waals surface area contributed by atoms with Crippen LogP contribution in [0.15, 0.2) is 10.8 Å². The molecule has 0 aliphatic carbocycles. The maximum absolute atomic E-state index is 11.7. The highest BCUT2D eigenvalue weighted by atomic mass is 79.9. The topological polar surface area (TPSA) is 0 Å². The molecule has 0 aromatic rings. The SMILES string of the molecule is FC(=CBr)C(F)C(F)F. The molecule has 9 heavy (non-hydrogen) atoms. The Morgan fingerprint density at radius 3 is 1.89 bits per heavy atom. The van der Waals surface area contributed by atoms with Crippen molar-refractivity contribution in [2.24, 2.45) is 0 Å². The molecule has 0 aromatic heterocycles. The third-order valence-corrected chi connectivity index (χ3v) is 1.03. The Balaban J connectivity index is 3.88. The Kier molecular flexibility index (Phi) is 3.84. The first-order valence-electron chi connectivity index (χ1n) is 1.97. The van der Waals surface area contributed by atoms with Crippen molar-refractivity contribution in [3.63, 3.8) is 0 Å². The fraction of sp³-hybridized carbons (Fsp3) is 0.500. The maximum Gasteiger partial charge on any atom is 0.275 e. The van der Waals surface area contributed by atoms with Crippen LogP contribution in [-0.2, 0) is 0 Å². The van der Waals surface area contributed by atoms with E-state index >= 15 is 0 Å². The zero-order valence-corrected chi connectivity index (χ0v) is 5.71. The summed E-state index contributed by atoms with van der Waals surface area (Å²) < 4.78 is 45.8. The van der Waals surface area contributed by atoms with E-state index in [1.165, 1.54) is 0 Å². The predicted octanol–water partition coefficient (Wildman–Crippen LogP) is 2.80. The van der Waals surface area contributed by atoms with E-state index in [2.05, 4.69) is 15.9 Å². The van der Waals surface area contributed by atoms with Gasteiger partial charge in [0.1, 0.15) is 5.83 Å². The van der Waals surface area contributed by atoms with Gasteiger partial charge in [-0.2, -0.15) is 0 Å². The minimum absolute atomic E-state index is 0.490. The third-order valence-electron chi connectivity index (χ3n) is 0.589. The molecule has 0 aromatic carbocycles. The first kappa shape index (κ1) is 8.94. The van der Waals surface area contributed by atoms with Gasteiger partial charge in [0, 0.05) is 4.99 Å². The first-order chi connectivity index (χ1) is 4.09. The number of allylic oxidation sites excluding steroid dienone is 1. The Morgan fingerprint density at radius 1 is 1.33 bits per heavy atom. The van der Waals surface area contributed by atoms with Crippen molar-refractivity contribution in [3.05, 3.63) is 10.8 Å². The van der Waals surface area contributed by atoms with Gasteiger partial charge in [0.25, 0.3) is 6.43 Å². The molecule has 0 saturated heterocycles. The van der Waals surface area contributed by atoms with Crippen LogP contribution >= 0.6 is 15.9 Å². The van der Waals surface area contributed by atoms with Gasteiger partial charge < -0.3 is 0 Å². The van der Waals surface area contributed by atoms with E-state index in [0.717, 1.165) is 0 Å². The number of halogens is 5. The van der Waals surface area contributed by atoms with Crippen LogP contribution in [0.25, 0.3) is 0 Å². The van der Waals surface area contributed by atoms with Gasteiger partial charge in [-0.1, -0.05) is 15.9 Å². The molecule has 54 valence electrons. The largest absolute Gasteiger partial charge is 0.275 e. The van der Waals surface area contributed by atoms with Gasteiger partial charge >= 0.3 is 0 Å². The third kappa shape index (κ3) is 2.84. The van der Waals surface area contributed by atoms with Crippen LogP contribution in [0, 0.1) is 0 Å². The Labute approximate surface area is 57.7 Å². The summed E-state index contributed by atoms with van der Waals surface area (Å²) in [6, 6.07) is 0. The zero-order valence-electron chi connectivity index (χ0n) is 4.12. The lowest BCUT2D eigenvalue weighted by molar-refractivity contribution is 0.0581. The van der Waals surface area contributed by atoms with Crippen molar-refractivity contribution in [2.75, 3.05) is 0 Å². The quantitative estimate of drug-likeness (QED) is 0.610. The molecule has 1 atom stereocenters. The van der Waals surface area contributed by atoms with Crippen LogP contribution in [-0.4, -0.2) is 12.6 Å². The van der Waals surface area contributed by atoms with E-state index in [-0.39, 0.29) is 0 Å². The summed E-state index contributed by atoms with van der Waals surface area (Å²) in [4.78, 5) is 0.490. The lowest BCUT2D eigenvalue weighted by Gasteiger charge is -2.00. The summed E-state index contributed by atoms with van der Waals surface area (Å²) in [6.07, 6.45) is -6.09. The molecule has 0 fully saturated rings. The molecule has 0 heterocycles. The molecule has 5 heteroatoms.